The molecule has 0 saturated heterocycles. The maximum atomic E-state index is 14.2. The summed E-state index contributed by atoms with van der Waals surface area (Å²) in [6.45, 7) is 11.3. The first-order valence-electron chi connectivity index (χ1n) is 13.3. The molecular formula is C30H39NO4. The number of hydrogen-bond acceptors (Lipinski definition) is 5. The third kappa shape index (κ3) is 3.01. The van der Waals surface area contributed by atoms with Crippen molar-refractivity contribution in [2.75, 3.05) is 7.11 Å². The molecule has 3 fully saturated rings. The van der Waals surface area contributed by atoms with Gasteiger partial charge >= 0.3 is 5.97 Å². The zero-order valence-electron chi connectivity index (χ0n) is 22.1. The first-order valence-corrected chi connectivity index (χ1v) is 13.3. The van der Waals surface area contributed by atoms with Gasteiger partial charge in [-0.1, -0.05) is 46.3 Å². The Kier molecular flexibility index (Phi) is 5.18. The molecule has 0 aromatic heterocycles. The predicted octanol–water partition coefficient (Wildman–Crippen LogP) is 5.74. The van der Waals surface area contributed by atoms with E-state index in [4.69, 9.17) is 4.74 Å². The van der Waals surface area contributed by atoms with Crippen molar-refractivity contribution >= 4 is 17.5 Å². The lowest BCUT2D eigenvalue weighted by atomic mass is 9.35. The summed E-state index contributed by atoms with van der Waals surface area (Å²) >= 11 is 0. The summed E-state index contributed by atoms with van der Waals surface area (Å²) in [6.07, 6.45) is 10.1. The van der Waals surface area contributed by atoms with Gasteiger partial charge < -0.3 is 4.74 Å². The molecule has 0 N–H and O–H groups in total. The van der Waals surface area contributed by atoms with Gasteiger partial charge in [-0.3, -0.25) is 14.4 Å². The second-order valence-electron chi connectivity index (χ2n) is 13.6. The number of nitriles is 1. The molecule has 0 heterocycles. The number of nitrogens with zero attached hydrogens (tertiary/aromatic N) is 1. The summed E-state index contributed by atoms with van der Waals surface area (Å²) in [5, 5.41) is 9.63. The molecule has 7 atom stereocenters. The molecule has 0 aromatic carbocycles. The first kappa shape index (κ1) is 24.5. The minimum atomic E-state index is -0.585. The molecule has 35 heavy (non-hydrogen) atoms. The molecule has 0 aromatic rings. The van der Waals surface area contributed by atoms with Crippen LogP contribution >= 0.6 is 0 Å². The van der Waals surface area contributed by atoms with E-state index in [0.717, 1.165) is 50.5 Å². The van der Waals surface area contributed by atoms with Crippen molar-refractivity contribution < 1.29 is 19.1 Å². The van der Waals surface area contributed by atoms with Crippen LogP contribution in [0.3, 0.4) is 0 Å². The van der Waals surface area contributed by atoms with Crippen LogP contribution in [0, 0.1) is 56.2 Å². The molecule has 3 saturated carbocycles. The molecule has 5 aliphatic rings. The number of ketones is 2. The number of allylic oxidation sites excluding steroid dienone is 4. The fourth-order valence-electron chi connectivity index (χ4n) is 9.33. The minimum Gasteiger partial charge on any atom is -0.469 e. The fourth-order valence-corrected chi connectivity index (χ4v) is 9.33. The Balaban J connectivity index is 1.68. The van der Waals surface area contributed by atoms with Gasteiger partial charge in [0.1, 0.15) is 6.07 Å². The summed E-state index contributed by atoms with van der Waals surface area (Å²) in [5.74, 6) is -0.241. The number of carbonyl (C=O) groups is 3. The number of methoxy groups -OCH3 is 1. The number of esters is 1. The molecule has 5 rings (SSSR count). The largest absolute Gasteiger partial charge is 0.469 e. The second-order valence-corrected chi connectivity index (χ2v) is 13.6. The summed E-state index contributed by atoms with van der Waals surface area (Å²) in [5.41, 5.74) is -0.181. The van der Waals surface area contributed by atoms with Gasteiger partial charge in [0.15, 0.2) is 11.6 Å². The third-order valence-electron chi connectivity index (χ3n) is 11.7. The zero-order chi connectivity index (χ0) is 25.6. The number of Topliss-reactive ketones (excluding diaryl/α,β-unsaturated/α-hetero) is 1. The average Bonchev–Trinajstić information content (AvgIpc) is 2.80. The summed E-state index contributed by atoms with van der Waals surface area (Å²) in [4.78, 5) is 40.0. The maximum Gasteiger partial charge on any atom is 0.312 e. The quantitative estimate of drug-likeness (QED) is 0.450. The van der Waals surface area contributed by atoms with Crippen LogP contribution in [0.2, 0.25) is 0 Å². The Hall–Kier alpha value is -2.22. The van der Waals surface area contributed by atoms with Crippen molar-refractivity contribution in [2.24, 2.45) is 44.8 Å². The molecule has 0 aliphatic heterocycles. The summed E-state index contributed by atoms with van der Waals surface area (Å²) < 4.78 is 5.38. The van der Waals surface area contributed by atoms with Crippen molar-refractivity contribution in [3.05, 3.63) is 23.3 Å². The highest BCUT2D eigenvalue weighted by atomic mass is 16.5. The molecule has 5 heteroatoms. The van der Waals surface area contributed by atoms with Crippen LogP contribution in [0.25, 0.3) is 0 Å². The van der Waals surface area contributed by atoms with Crippen LogP contribution in [-0.2, 0) is 19.1 Å². The van der Waals surface area contributed by atoms with Gasteiger partial charge in [-0.15, -0.1) is 0 Å². The average molecular weight is 478 g/mol. The maximum absolute atomic E-state index is 14.2. The van der Waals surface area contributed by atoms with Crippen molar-refractivity contribution in [1.82, 2.24) is 0 Å². The summed E-state index contributed by atoms with van der Waals surface area (Å²) in [7, 11) is 1.48. The highest BCUT2D eigenvalue weighted by Gasteiger charge is 2.70. The normalized spacial score (nSPS) is 46.0. The molecule has 2 unspecified atom stereocenters. The Labute approximate surface area is 209 Å². The van der Waals surface area contributed by atoms with E-state index in [2.05, 4.69) is 40.7 Å². The number of ether oxygens (including phenoxy) is 1. The molecular weight excluding hydrogens is 438 g/mol. The first-order chi connectivity index (χ1) is 16.3. The van der Waals surface area contributed by atoms with Crippen LogP contribution < -0.4 is 0 Å². The van der Waals surface area contributed by atoms with E-state index in [0.29, 0.717) is 6.42 Å². The molecule has 0 radical (unpaired) electrons. The van der Waals surface area contributed by atoms with Gasteiger partial charge in [-0.25, -0.2) is 0 Å². The van der Waals surface area contributed by atoms with Gasteiger partial charge in [0.05, 0.1) is 18.1 Å². The van der Waals surface area contributed by atoms with Gasteiger partial charge in [-0.2, -0.15) is 5.26 Å². The number of fused-ring (bicyclic) bond motifs is 7. The van der Waals surface area contributed by atoms with E-state index in [1.54, 1.807) is 0 Å². The van der Waals surface area contributed by atoms with E-state index in [9.17, 15) is 19.6 Å². The van der Waals surface area contributed by atoms with Gasteiger partial charge in [0.2, 0.25) is 0 Å². The second kappa shape index (κ2) is 7.40. The molecule has 0 bridgehead atoms. The molecule has 5 aliphatic carbocycles. The Morgan fingerprint density at radius 3 is 2.40 bits per heavy atom. The summed E-state index contributed by atoms with van der Waals surface area (Å²) in [6, 6.07) is 2.12. The van der Waals surface area contributed by atoms with E-state index >= 15 is 0 Å². The van der Waals surface area contributed by atoms with E-state index in [1.165, 1.54) is 7.11 Å². The lowest BCUT2D eigenvalue weighted by Crippen LogP contribution is -2.65. The van der Waals surface area contributed by atoms with Crippen molar-refractivity contribution in [2.45, 2.75) is 86.0 Å². The molecule has 188 valence electrons. The topological polar surface area (TPSA) is 84.2 Å². The van der Waals surface area contributed by atoms with Crippen LogP contribution in [0.4, 0.5) is 0 Å². The van der Waals surface area contributed by atoms with E-state index in [-0.39, 0.29) is 57.1 Å². The van der Waals surface area contributed by atoms with Crippen LogP contribution in [-0.4, -0.2) is 24.6 Å². The van der Waals surface area contributed by atoms with Crippen molar-refractivity contribution in [1.29, 1.82) is 5.26 Å². The monoisotopic (exact) mass is 477 g/mol. The van der Waals surface area contributed by atoms with Gasteiger partial charge in [0.25, 0.3) is 0 Å². The van der Waals surface area contributed by atoms with Crippen molar-refractivity contribution in [3.63, 3.8) is 0 Å². The molecule has 0 spiro atoms. The Morgan fingerprint density at radius 2 is 1.74 bits per heavy atom. The van der Waals surface area contributed by atoms with Crippen LogP contribution in [0.15, 0.2) is 23.3 Å². The molecule has 5 nitrogen and oxygen atoms in total. The number of carbonyl (C=O) groups excluding carboxylic acids is 3. The number of hydrogen-bond donors (Lipinski definition) is 0. The van der Waals surface area contributed by atoms with E-state index in [1.807, 2.05) is 12.2 Å². The standard InChI is InChI=1S/C30H39NO4/c1-26(2)9-11-30(25(34)35-6)12-10-29(5)24(20(30)16-26)22(33)14-23-27(3)15-18(17-31)21(32)13-19(27)7-8-28(23,29)4/h14-15,19-20,24H,7-13,16H2,1-6H3/t19-,20?,24?,27-,28+,29+,30-/m0/s1. The van der Waals surface area contributed by atoms with Crippen LogP contribution in [0.1, 0.15) is 86.0 Å². The van der Waals surface area contributed by atoms with E-state index < -0.39 is 10.8 Å². The van der Waals surface area contributed by atoms with Gasteiger partial charge in [0, 0.05) is 17.8 Å². The van der Waals surface area contributed by atoms with Gasteiger partial charge in [-0.05, 0) is 79.1 Å². The van der Waals surface area contributed by atoms with Crippen molar-refractivity contribution in [3.8, 4) is 6.07 Å². The van der Waals surface area contributed by atoms with Crippen LogP contribution in [0.5, 0.6) is 0 Å². The predicted molar refractivity (Wildman–Crippen MR) is 132 cm³/mol. The lowest BCUT2D eigenvalue weighted by molar-refractivity contribution is -0.190. The molecule has 0 amide bonds. The fraction of sp³-hybridized carbons (Fsp3) is 0.733. The highest BCUT2D eigenvalue weighted by molar-refractivity contribution is 6.01. The SMILES string of the molecule is COC(=O)[C@]12CCC(C)(C)CC1C1C(=O)C=C3[C@@]4(C)C=C(C#N)C(=O)C[C@@H]4CC[C@@]3(C)[C@]1(C)CC2. The lowest BCUT2D eigenvalue weighted by Gasteiger charge is -2.67. The third-order valence-corrected chi connectivity index (χ3v) is 11.7. The zero-order valence-corrected chi connectivity index (χ0v) is 22.1. The Bertz CT molecular complexity index is 1120. The highest BCUT2D eigenvalue weighted by Crippen LogP contribution is 2.73. The number of rotatable bonds is 1. The smallest absolute Gasteiger partial charge is 0.312 e. The Morgan fingerprint density at radius 1 is 1.06 bits per heavy atom. The minimum absolute atomic E-state index is 0.0387.